The molecule has 0 bridgehead atoms. The molecule has 174 valence electrons. The van der Waals surface area contributed by atoms with E-state index in [4.69, 9.17) is 0 Å². The van der Waals surface area contributed by atoms with E-state index in [2.05, 4.69) is 50.7 Å². The molecule has 0 saturated carbocycles. The zero-order chi connectivity index (χ0) is 23.2. The number of fused-ring (bicyclic) bond motifs is 2. The summed E-state index contributed by atoms with van der Waals surface area (Å²) in [6.45, 7) is 3.44. The predicted octanol–water partition coefficient (Wildman–Crippen LogP) is 2.70. The molecule has 3 aliphatic rings. The molecule has 6 rings (SSSR count). The van der Waals surface area contributed by atoms with E-state index < -0.39 is 6.04 Å². The maximum Gasteiger partial charge on any atom is 0.255 e. The van der Waals surface area contributed by atoms with Gasteiger partial charge in [-0.25, -0.2) is 0 Å². The minimum Gasteiger partial charge on any atom is -0.322 e. The first-order valence-corrected chi connectivity index (χ1v) is 12.0. The fraction of sp³-hybridized carbons (Fsp3) is 0.385. The van der Waals surface area contributed by atoms with Crippen LogP contribution in [0.3, 0.4) is 0 Å². The third kappa shape index (κ3) is 3.77. The average molecular weight is 458 g/mol. The van der Waals surface area contributed by atoms with Crippen LogP contribution in [0.2, 0.25) is 0 Å². The molecule has 0 aliphatic carbocycles. The quantitative estimate of drug-likeness (QED) is 0.587. The van der Waals surface area contributed by atoms with Gasteiger partial charge >= 0.3 is 0 Å². The van der Waals surface area contributed by atoms with Crippen LogP contribution in [0.25, 0.3) is 10.9 Å². The van der Waals surface area contributed by atoms with E-state index >= 15 is 0 Å². The molecule has 1 unspecified atom stereocenters. The topological polar surface area (TPSA) is 98.4 Å². The predicted molar refractivity (Wildman–Crippen MR) is 126 cm³/mol. The van der Waals surface area contributed by atoms with E-state index in [0.717, 1.165) is 48.9 Å². The largest absolute Gasteiger partial charge is 0.322 e. The molecule has 0 radical (unpaired) electrons. The smallest absolute Gasteiger partial charge is 0.255 e. The van der Waals surface area contributed by atoms with Crippen LogP contribution in [0.4, 0.5) is 0 Å². The maximum absolute atomic E-state index is 12.9. The van der Waals surface area contributed by atoms with E-state index in [1.807, 2.05) is 12.3 Å². The maximum atomic E-state index is 12.9. The van der Waals surface area contributed by atoms with Crippen molar-refractivity contribution < 1.29 is 14.4 Å². The number of H-pyrrole nitrogens is 1. The highest BCUT2D eigenvalue weighted by Crippen LogP contribution is 2.34. The molecule has 3 aromatic rings. The van der Waals surface area contributed by atoms with Crippen molar-refractivity contribution in [3.8, 4) is 0 Å². The van der Waals surface area contributed by atoms with Crippen molar-refractivity contribution >= 4 is 28.6 Å². The van der Waals surface area contributed by atoms with Crippen LogP contribution in [0.1, 0.15) is 58.6 Å². The Kier molecular flexibility index (Phi) is 5.17. The van der Waals surface area contributed by atoms with Gasteiger partial charge in [0.1, 0.15) is 6.04 Å². The molecule has 2 saturated heterocycles. The number of hydrogen-bond acceptors (Lipinski definition) is 5. The molecule has 0 spiro atoms. The van der Waals surface area contributed by atoms with Gasteiger partial charge in [-0.3, -0.25) is 29.7 Å². The van der Waals surface area contributed by atoms with E-state index in [9.17, 15) is 14.4 Å². The summed E-state index contributed by atoms with van der Waals surface area (Å²) in [6.07, 6.45) is 4.69. The van der Waals surface area contributed by atoms with Gasteiger partial charge in [0.25, 0.3) is 5.91 Å². The summed E-state index contributed by atoms with van der Waals surface area (Å²) in [5, 5.41) is 10.6. The zero-order valence-corrected chi connectivity index (χ0v) is 18.9. The van der Waals surface area contributed by atoms with Crippen LogP contribution in [0.5, 0.6) is 0 Å². The molecule has 2 fully saturated rings. The van der Waals surface area contributed by atoms with Crippen molar-refractivity contribution in [2.45, 2.75) is 50.7 Å². The lowest BCUT2D eigenvalue weighted by Crippen LogP contribution is -2.52. The molecule has 1 atom stereocenters. The number of imide groups is 1. The second-order valence-corrected chi connectivity index (χ2v) is 9.66. The van der Waals surface area contributed by atoms with Crippen molar-refractivity contribution in [3.63, 3.8) is 0 Å². The van der Waals surface area contributed by atoms with Gasteiger partial charge in [0.2, 0.25) is 11.8 Å². The number of carbonyl (C=O) groups is 3. The van der Waals surface area contributed by atoms with Crippen molar-refractivity contribution in [1.82, 2.24) is 25.3 Å². The fourth-order valence-corrected chi connectivity index (χ4v) is 5.62. The standard InChI is InChI=1S/C26H27N5O3/c32-24-6-5-23(25(33)28-24)31-15-20-12-18(2-3-21(20)26(31)34)17-7-9-30(10-8-17)14-16-1-4-22-19(11-16)13-27-29-22/h1-4,11-13,17,23H,5-10,14-15H2,(H,27,29)(H,28,32,33). The number of carbonyl (C=O) groups excluding carboxylic acids is 3. The molecule has 3 aliphatic heterocycles. The van der Waals surface area contributed by atoms with Gasteiger partial charge in [0.05, 0.1) is 11.7 Å². The normalized spacial score (nSPS) is 21.8. The summed E-state index contributed by atoms with van der Waals surface area (Å²) >= 11 is 0. The van der Waals surface area contributed by atoms with Gasteiger partial charge in [-0.1, -0.05) is 18.2 Å². The lowest BCUT2D eigenvalue weighted by atomic mass is 9.87. The third-order valence-electron chi connectivity index (χ3n) is 7.52. The Bertz CT molecular complexity index is 1290. The highest BCUT2D eigenvalue weighted by molar-refractivity contribution is 6.05. The van der Waals surface area contributed by atoms with Crippen molar-refractivity contribution in [1.29, 1.82) is 0 Å². The summed E-state index contributed by atoms with van der Waals surface area (Å²) < 4.78 is 0. The number of likely N-dealkylation sites (tertiary alicyclic amines) is 1. The fourth-order valence-electron chi connectivity index (χ4n) is 5.62. The number of aromatic nitrogens is 2. The number of amides is 3. The number of aromatic amines is 1. The van der Waals surface area contributed by atoms with E-state index in [-0.39, 0.29) is 24.1 Å². The first kappa shape index (κ1) is 21.0. The van der Waals surface area contributed by atoms with Gasteiger partial charge in [-0.2, -0.15) is 5.10 Å². The molecule has 4 heterocycles. The van der Waals surface area contributed by atoms with Gasteiger partial charge in [0.15, 0.2) is 0 Å². The van der Waals surface area contributed by atoms with Crippen LogP contribution < -0.4 is 5.32 Å². The Hall–Kier alpha value is -3.52. The molecule has 8 heteroatoms. The molecule has 3 amide bonds. The molecule has 2 aromatic carbocycles. The Balaban J connectivity index is 1.10. The molecule has 34 heavy (non-hydrogen) atoms. The monoisotopic (exact) mass is 457 g/mol. The van der Waals surface area contributed by atoms with Crippen LogP contribution in [-0.4, -0.2) is 56.9 Å². The Morgan fingerprint density at radius 3 is 2.68 bits per heavy atom. The Labute approximate surface area is 197 Å². The highest BCUT2D eigenvalue weighted by Gasteiger charge is 2.39. The number of nitrogens with zero attached hydrogens (tertiary/aromatic N) is 3. The van der Waals surface area contributed by atoms with Gasteiger partial charge < -0.3 is 4.90 Å². The van der Waals surface area contributed by atoms with Crippen LogP contribution in [0, 0.1) is 0 Å². The zero-order valence-electron chi connectivity index (χ0n) is 18.9. The summed E-state index contributed by atoms with van der Waals surface area (Å²) in [5.74, 6) is -0.267. The number of rotatable bonds is 4. The van der Waals surface area contributed by atoms with E-state index in [1.165, 1.54) is 11.1 Å². The van der Waals surface area contributed by atoms with Gasteiger partial charge in [0, 0.05) is 30.5 Å². The van der Waals surface area contributed by atoms with Gasteiger partial charge in [-0.05, 0) is 73.2 Å². The number of nitrogens with one attached hydrogen (secondary N) is 2. The Morgan fingerprint density at radius 1 is 1.00 bits per heavy atom. The number of hydrogen-bond donors (Lipinski definition) is 2. The molecular weight excluding hydrogens is 430 g/mol. The second-order valence-electron chi connectivity index (χ2n) is 9.66. The van der Waals surface area contributed by atoms with Crippen molar-refractivity contribution in [3.05, 3.63) is 64.8 Å². The van der Waals surface area contributed by atoms with E-state index in [0.29, 0.717) is 24.4 Å². The van der Waals surface area contributed by atoms with Crippen LogP contribution in [0.15, 0.2) is 42.6 Å². The molecule has 1 aromatic heterocycles. The van der Waals surface area contributed by atoms with Gasteiger partial charge in [-0.15, -0.1) is 0 Å². The lowest BCUT2D eigenvalue weighted by molar-refractivity contribution is -0.136. The van der Waals surface area contributed by atoms with Crippen molar-refractivity contribution in [2.75, 3.05) is 13.1 Å². The number of piperidine rings is 2. The average Bonchev–Trinajstić information content (AvgIpc) is 3.43. The van der Waals surface area contributed by atoms with Crippen molar-refractivity contribution in [2.24, 2.45) is 0 Å². The van der Waals surface area contributed by atoms with Crippen LogP contribution >= 0.6 is 0 Å². The van der Waals surface area contributed by atoms with Crippen LogP contribution in [-0.2, 0) is 22.7 Å². The summed E-state index contributed by atoms with van der Waals surface area (Å²) in [7, 11) is 0. The SMILES string of the molecule is O=C1CCC(N2Cc3cc(C4CCN(Cc5ccc6[nH]ncc6c5)CC4)ccc3C2=O)C(=O)N1. The molecule has 8 nitrogen and oxygen atoms in total. The summed E-state index contributed by atoms with van der Waals surface area (Å²) in [5.41, 5.74) is 5.31. The highest BCUT2D eigenvalue weighted by atomic mass is 16.2. The first-order chi connectivity index (χ1) is 16.5. The summed E-state index contributed by atoms with van der Waals surface area (Å²) in [4.78, 5) is 40.8. The van der Waals surface area contributed by atoms with E-state index in [1.54, 1.807) is 4.90 Å². The lowest BCUT2D eigenvalue weighted by Gasteiger charge is -2.32. The minimum atomic E-state index is -0.564. The minimum absolute atomic E-state index is 0.111. The Morgan fingerprint density at radius 2 is 1.85 bits per heavy atom. The second kappa shape index (κ2) is 8.36. The summed E-state index contributed by atoms with van der Waals surface area (Å²) in [6, 6.07) is 12.1. The molecular formula is C26H27N5O3. The molecule has 2 N–H and O–H groups in total. The first-order valence-electron chi connectivity index (χ1n) is 12.0. The third-order valence-corrected chi connectivity index (χ3v) is 7.52. The number of benzene rings is 2.